The van der Waals surface area contributed by atoms with Gasteiger partial charge in [-0.25, -0.2) is 4.79 Å². The number of hydrogen-bond donors (Lipinski definition) is 2. The minimum Gasteiger partial charge on any atom is -0.484 e. The summed E-state index contributed by atoms with van der Waals surface area (Å²) in [7, 11) is 0. The summed E-state index contributed by atoms with van der Waals surface area (Å²) < 4.78 is 10.3. The maximum Gasteiger partial charge on any atom is 0.412 e. The van der Waals surface area contributed by atoms with Gasteiger partial charge in [0.05, 0.1) is 0 Å². The molecule has 0 aromatic heterocycles. The molecule has 23 heavy (non-hydrogen) atoms. The predicted molar refractivity (Wildman–Crippen MR) is 85.4 cm³/mol. The highest BCUT2D eigenvalue weighted by Gasteiger charge is 2.04. The molecule has 0 saturated heterocycles. The van der Waals surface area contributed by atoms with Crippen LogP contribution in [0.1, 0.15) is 0 Å². The fourth-order valence-corrected chi connectivity index (χ4v) is 1.71. The summed E-state index contributed by atoms with van der Waals surface area (Å²) in [4.78, 5) is 23.1. The lowest BCUT2D eigenvalue weighted by molar-refractivity contribution is -0.123. The first-order chi connectivity index (χ1) is 11.2. The summed E-state index contributed by atoms with van der Waals surface area (Å²) in [5, 5.41) is 5.18. The molecule has 2 aromatic carbocycles. The highest BCUT2D eigenvalue weighted by atomic mass is 16.6. The van der Waals surface area contributed by atoms with E-state index in [0.29, 0.717) is 18.0 Å². The Morgan fingerprint density at radius 3 is 2.00 bits per heavy atom. The van der Waals surface area contributed by atoms with Crippen molar-refractivity contribution in [3.8, 4) is 11.5 Å². The van der Waals surface area contributed by atoms with Crippen LogP contribution in [0.3, 0.4) is 0 Å². The Labute approximate surface area is 134 Å². The Kier molecular flexibility index (Phi) is 6.46. The number of ether oxygens (including phenoxy) is 2. The fraction of sp³-hybridized carbons (Fsp3) is 0.176. The van der Waals surface area contributed by atoms with E-state index in [2.05, 4.69) is 10.6 Å². The van der Waals surface area contributed by atoms with Crippen LogP contribution in [0.25, 0.3) is 0 Å². The molecule has 0 bridgehead atoms. The van der Waals surface area contributed by atoms with Crippen molar-refractivity contribution in [2.24, 2.45) is 0 Å². The number of benzene rings is 2. The first kappa shape index (κ1) is 16.4. The second kappa shape index (κ2) is 9.09. The van der Waals surface area contributed by atoms with Gasteiger partial charge >= 0.3 is 6.09 Å². The van der Waals surface area contributed by atoms with Gasteiger partial charge in [-0.2, -0.15) is 0 Å². The second-order valence-corrected chi connectivity index (χ2v) is 4.58. The lowest BCUT2D eigenvalue weighted by Gasteiger charge is -2.08. The molecular formula is C17H18N2O4. The number of carbonyl (C=O) groups excluding carboxylic acids is 2. The Morgan fingerprint density at radius 2 is 1.35 bits per heavy atom. The third kappa shape index (κ3) is 6.52. The molecule has 0 aliphatic rings. The molecule has 2 N–H and O–H groups in total. The normalized spacial score (nSPS) is 9.74. The van der Waals surface area contributed by atoms with Gasteiger partial charge in [0.1, 0.15) is 11.5 Å². The minimum atomic E-state index is -0.564. The summed E-state index contributed by atoms with van der Waals surface area (Å²) in [6, 6.07) is 17.8. The van der Waals surface area contributed by atoms with Gasteiger partial charge in [0.15, 0.2) is 6.61 Å². The van der Waals surface area contributed by atoms with E-state index in [0.717, 1.165) is 0 Å². The Hall–Kier alpha value is -3.02. The van der Waals surface area contributed by atoms with Crippen molar-refractivity contribution in [2.75, 3.05) is 19.7 Å². The minimum absolute atomic E-state index is 0.0710. The number of para-hydroxylation sites is 2. The average Bonchev–Trinajstić information content (AvgIpc) is 2.59. The van der Waals surface area contributed by atoms with Crippen molar-refractivity contribution in [1.82, 2.24) is 10.6 Å². The molecule has 0 saturated carbocycles. The summed E-state index contributed by atoms with van der Waals surface area (Å²) in [5.41, 5.74) is 0. The van der Waals surface area contributed by atoms with Gasteiger partial charge in [-0.15, -0.1) is 0 Å². The molecule has 0 spiro atoms. The fourth-order valence-electron chi connectivity index (χ4n) is 1.71. The van der Waals surface area contributed by atoms with Gasteiger partial charge in [-0.1, -0.05) is 36.4 Å². The molecule has 6 heteroatoms. The summed E-state index contributed by atoms with van der Waals surface area (Å²) in [6.45, 7) is 0.488. The van der Waals surface area contributed by atoms with Gasteiger partial charge in [0.25, 0.3) is 5.91 Å². The molecule has 6 nitrogen and oxygen atoms in total. The number of rotatable bonds is 7. The molecule has 0 aliphatic heterocycles. The summed E-state index contributed by atoms with van der Waals surface area (Å²) in [5.74, 6) is 0.838. The third-order valence-electron chi connectivity index (χ3n) is 2.78. The predicted octanol–water partition coefficient (Wildman–Crippen LogP) is 1.97. The number of hydrogen-bond acceptors (Lipinski definition) is 4. The van der Waals surface area contributed by atoms with Crippen molar-refractivity contribution < 1.29 is 19.1 Å². The largest absolute Gasteiger partial charge is 0.484 e. The van der Waals surface area contributed by atoms with E-state index >= 15 is 0 Å². The van der Waals surface area contributed by atoms with Crippen LogP contribution in [0.2, 0.25) is 0 Å². The van der Waals surface area contributed by atoms with Gasteiger partial charge in [0.2, 0.25) is 0 Å². The highest BCUT2D eigenvalue weighted by Crippen LogP contribution is 2.08. The molecule has 0 fully saturated rings. The van der Waals surface area contributed by atoms with E-state index in [1.807, 2.05) is 24.3 Å². The maximum atomic E-state index is 11.6. The van der Waals surface area contributed by atoms with E-state index in [1.165, 1.54) is 0 Å². The van der Waals surface area contributed by atoms with Crippen molar-refractivity contribution >= 4 is 12.0 Å². The van der Waals surface area contributed by atoms with Gasteiger partial charge in [-0.05, 0) is 24.3 Å². The van der Waals surface area contributed by atoms with Crippen LogP contribution in [-0.4, -0.2) is 31.7 Å². The molecule has 0 atom stereocenters. The molecule has 0 heterocycles. The molecule has 2 aromatic rings. The van der Waals surface area contributed by atoms with Gasteiger partial charge in [0, 0.05) is 13.1 Å². The van der Waals surface area contributed by atoms with Crippen LogP contribution in [0.5, 0.6) is 11.5 Å². The quantitative estimate of drug-likeness (QED) is 0.766. The molecule has 2 rings (SSSR count). The Balaban J connectivity index is 1.56. The van der Waals surface area contributed by atoms with E-state index in [1.54, 1.807) is 36.4 Å². The number of carbonyl (C=O) groups is 2. The van der Waals surface area contributed by atoms with E-state index < -0.39 is 6.09 Å². The maximum absolute atomic E-state index is 11.6. The zero-order valence-electron chi connectivity index (χ0n) is 12.5. The zero-order chi connectivity index (χ0) is 16.3. The van der Waals surface area contributed by atoms with E-state index in [9.17, 15) is 9.59 Å². The molecule has 2 amide bonds. The van der Waals surface area contributed by atoms with Crippen LogP contribution in [0.4, 0.5) is 4.79 Å². The third-order valence-corrected chi connectivity index (χ3v) is 2.78. The lowest BCUT2D eigenvalue weighted by atomic mass is 10.3. The standard InChI is InChI=1S/C17H18N2O4/c20-16(13-22-14-7-3-1-4-8-14)18-11-12-19-17(21)23-15-9-5-2-6-10-15/h1-10H,11-13H2,(H,18,20)(H,19,21). The van der Waals surface area contributed by atoms with Crippen LogP contribution in [-0.2, 0) is 4.79 Å². The molecule has 120 valence electrons. The SMILES string of the molecule is O=C(COc1ccccc1)NCCNC(=O)Oc1ccccc1. The number of nitrogens with one attached hydrogen (secondary N) is 2. The molecular weight excluding hydrogens is 296 g/mol. The van der Waals surface area contributed by atoms with Crippen LogP contribution < -0.4 is 20.1 Å². The van der Waals surface area contributed by atoms with Crippen LogP contribution >= 0.6 is 0 Å². The molecule has 0 unspecified atom stereocenters. The Morgan fingerprint density at radius 1 is 0.783 bits per heavy atom. The monoisotopic (exact) mass is 314 g/mol. The first-order valence-electron chi connectivity index (χ1n) is 7.19. The van der Waals surface area contributed by atoms with E-state index in [-0.39, 0.29) is 19.1 Å². The topological polar surface area (TPSA) is 76.7 Å². The molecule has 0 aliphatic carbocycles. The van der Waals surface area contributed by atoms with E-state index in [4.69, 9.17) is 9.47 Å². The zero-order valence-corrected chi connectivity index (χ0v) is 12.5. The summed E-state index contributed by atoms with van der Waals surface area (Å²) >= 11 is 0. The Bertz CT molecular complexity index is 617. The average molecular weight is 314 g/mol. The van der Waals surface area contributed by atoms with Gasteiger partial charge in [-0.3, -0.25) is 4.79 Å². The van der Waals surface area contributed by atoms with Crippen LogP contribution in [0, 0.1) is 0 Å². The second-order valence-electron chi connectivity index (χ2n) is 4.58. The lowest BCUT2D eigenvalue weighted by Crippen LogP contribution is -2.37. The highest BCUT2D eigenvalue weighted by molar-refractivity contribution is 5.77. The van der Waals surface area contributed by atoms with Crippen molar-refractivity contribution in [2.45, 2.75) is 0 Å². The molecule has 0 radical (unpaired) electrons. The van der Waals surface area contributed by atoms with Crippen molar-refractivity contribution in [3.05, 3.63) is 60.7 Å². The smallest absolute Gasteiger partial charge is 0.412 e. The number of amides is 2. The van der Waals surface area contributed by atoms with Gasteiger partial charge < -0.3 is 20.1 Å². The van der Waals surface area contributed by atoms with Crippen LogP contribution in [0.15, 0.2) is 60.7 Å². The summed E-state index contributed by atoms with van der Waals surface area (Å²) in [6.07, 6.45) is -0.564. The van der Waals surface area contributed by atoms with Crippen molar-refractivity contribution in [1.29, 1.82) is 0 Å². The van der Waals surface area contributed by atoms with Crippen molar-refractivity contribution in [3.63, 3.8) is 0 Å². The first-order valence-corrected chi connectivity index (χ1v) is 7.19.